The van der Waals surface area contributed by atoms with Gasteiger partial charge >= 0.3 is 0 Å². The van der Waals surface area contributed by atoms with Crippen LogP contribution in [-0.2, 0) is 6.42 Å². The zero-order valence-electron chi connectivity index (χ0n) is 18.0. The highest BCUT2D eigenvalue weighted by atomic mass is 35.5. The largest absolute Gasteiger partial charge is 0.497 e. The molecule has 3 aromatic carbocycles. The monoisotopic (exact) mass is 435 g/mol. The van der Waals surface area contributed by atoms with Crippen molar-refractivity contribution in [3.05, 3.63) is 93.5 Å². The van der Waals surface area contributed by atoms with Gasteiger partial charge in [-0.1, -0.05) is 29.8 Å². The summed E-state index contributed by atoms with van der Waals surface area (Å²) in [5, 5.41) is 0.556. The summed E-state index contributed by atoms with van der Waals surface area (Å²) in [6.07, 6.45) is 0.821. The van der Waals surface area contributed by atoms with E-state index in [1.807, 2.05) is 41.3 Å². The second kappa shape index (κ2) is 9.03. The van der Waals surface area contributed by atoms with E-state index in [2.05, 4.69) is 26.0 Å². The minimum absolute atomic E-state index is 0.0327. The van der Waals surface area contributed by atoms with Crippen LogP contribution in [0.1, 0.15) is 38.7 Å². The molecule has 0 saturated carbocycles. The van der Waals surface area contributed by atoms with Crippen molar-refractivity contribution in [1.82, 2.24) is 4.90 Å². The molecule has 1 heterocycles. The molecule has 31 heavy (non-hydrogen) atoms. The Hall–Kier alpha value is -2.98. The van der Waals surface area contributed by atoms with Crippen LogP contribution < -0.4 is 9.47 Å². The lowest BCUT2D eigenvalue weighted by Gasteiger charge is -2.38. The van der Waals surface area contributed by atoms with Gasteiger partial charge in [-0.05, 0) is 85.0 Å². The summed E-state index contributed by atoms with van der Waals surface area (Å²) >= 11 is 6.14. The molecule has 1 atom stereocenters. The fraction of sp³-hybridized carbons (Fsp3) is 0.269. The number of methoxy groups -OCH3 is 1. The zero-order valence-corrected chi connectivity index (χ0v) is 18.8. The highest BCUT2D eigenvalue weighted by Gasteiger charge is 2.32. The van der Waals surface area contributed by atoms with Gasteiger partial charge in [0.05, 0.1) is 13.2 Å². The average Bonchev–Trinajstić information content (AvgIpc) is 2.78. The highest BCUT2D eigenvalue weighted by Crippen LogP contribution is 2.34. The first-order chi connectivity index (χ1) is 15.0. The van der Waals surface area contributed by atoms with E-state index in [4.69, 9.17) is 21.1 Å². The SMILES string of the molecule is COc1ccc(OCC2c3cc(C)c(C)cc3CCN2C(=O)c2cccc(Cl)c2)cc1. The Kier molecular flexibility index (Phi) is 6.19. The summed E-state index contributed by atoms with van der Waals surface area (Å²) < 4.78 is 11.4. The van der Waals surface area contributed by atoms with Gasteiger partial charge in [-0.3, -0.25) is 4.79 Å². The molecular weight excluding hydrogens is 410 g/mol. The van der Waals surface area contributed by atoms with Gasteiger partial charge in [-0.15, -0.1) is 0 Å². The third-order valence-electron chi connectivity index (χ3n) is 5.91. The molecule has 3 aromatic rings. The molecule has 0 aromatic heterocycles. The topological polar surface area (TPSA) is 38.8 Å². The van der Waals surface area contributed by atoms with Crippen LogP contribution in [0.15, 0.2) is 60.7 Å². The first-order valence-electron chi connectivity index (χ1n) is 10.4. The van der Waals surface area contributed by atoms with Gasteiger partial charge in [-0.2, -0.15) is 0 Å². The average molecular weight is 436 g/mol. The lowest BCUT2D eigenvalue weighted by atomic mass is 9.89. The Labute approximate surface area is 188 Å². The van der Waals surface area contributed by atoms with E-state index in [0.29, 0.717) is 23.7 Å². The molecule has 160 valence electrons. The number of hydrogen-bond acceptors (Lipinski definition) is 3. The van der Waals surface area contributed by atoms with Crippen molar-refractivity contribution in [2.75, 3.05) is 20.3 Å². The molecule has 4 nitrogen and oxygen atoms in total. The number of hydrogen-bond donors (Lipinski definition) is 0. The van der Waals surface area contributed by atoms with Gasteiger partial charge in [0.15, 0.2) is 0 Å². The molecular formula is C26H26ClNO3. The summed E-state index contributed by atoms with van der Waals surface area (Å²) in [5.41, 5.74) is 5.50. The van der Waals surface area contributed by atoms with Gasteiger partial charge in [0.25, 0.3) is 5.91 Å². The van der Waals surface area contributed by atoms with Gasteiger partial charge < -0.3 is 14.4 Å². The minimum Gasteiger partial charge on any atom is -0.497 e. The summed E-state index contributed by atoms with van der Waals surface area (Å²) in [7, 11) is 1.64. The van der Waals surface area contributed by atoms with E-state index in [1.54, 1.807) is 19.2 Å². The summed E-state index contributed by atoms with van der Waals surface area (Å²) in [4.78, 5) is 15.3. The maximum absolute atomic E-state index is 13.4. The molecule has 0 spiro atoms. The third kappa shape index (κ3) is 4.54. The number of benzene rings is 3. The number of halogens is 1. The number of amides is 1. The number of rotatable bonds is 5. The fourth-order valence-electron chi connectivity index (χ4n) is 4.05. The Bertz CT molecular complexity index is 1090. The quantitative estimate of drug-likeness (QED) is 0.509. The summed E-state index contributed by atoms with van der Waals surface area (Å²) in [5.74, 6) is 1.49. The molecule has 0 saturated heterocycles. The maximum Gasteiger partial charge on any atom is 0.254 e. The summed E-state index contributed by atoms with van der Waals surface area (Å²) in [6, 6.07) is 18.9. The van der Waals surface area contributed by atoms with Crippen molar-refractivity contribution in [2.24, 2.45) is 0 Å². The molecule has 0 bridgehead atoms. The van der Waals surface area contributed by atoms with E-state index in [9.17, 15) is 4.79 Å². The van der Waals surface area contributed by atoms with E-state index in [0.717, 1.165) is 23.5 Å². The van der Waals surface area contributed by atoms with Crippen molar-refractivity contribution >= 4 is 17.5 Å². The number of ether oxygens (including phenoxy) is 2. The van der Waals surface area contributed by atoms with Crippen LogP contribution in [0.3, 0.4) is 0 Å². The molecule has 0 N–H and O–H groups in total. The Balaban J connectivity index is 1.66. The molecule has 5 heteroatoms. The predicted octanol–water partition coefficient (Wildman–Crippen LogP) is 5.78. The molecule has 0 fully saturated rings. The lowest BCUT2D eigenvalue weighted by molar-refractivity contribution is 0.0590. The number of fused-ring (bicyclic) bond motifs is 1. The fourth-order valence-corrected chi connectivity index (χ4v) is 4.24. The smallest absolute Gasteiger partial charge is 0.254 e. The molecule has 0 aliphatic carbocycles. The second-order valence-corrected chi connectivity index (χ2v) is 8.33. The van der Waals surface area contributed by atoms with Crippen LogP contribution in [-0.4, -0.2) is 31.1 Å². The Morgan fingerprint density at radius 3 is 2.45 bits per heavy atom. The Morgan fingerprint density at radius 2 is 1.74 bits per heavy atom. The third-order valence-corrected chi connectivity index (χ3v) is 6.15. The highest BCUT2D eigenvalue weighted by molar-refractivity contribution is 6.30. The molecule has 1 aliphatic heterocycles. The van der Waals surface area contributed by atoms with Crippen LogP contribution in [0, 0.1) is 13.8 Å². The first-order valence-corrected chi connectivity index (χ1v) is 10.8. The van der Waals surface area contributed by atoms with E-state index in [1.165, 1.54) is 16.7 Å². The van der Waals surface area contributed by atoms with Crippen LogP contribution in [0.25, 0.3) is 0 Å². The van der Waals surface area contributed by atoms with Crippen LogP contribution in [0.2, 0.25) is 5.02 Å². The van der Waals surface area contributed by atoms with Crippen molar-refractivity contribution in [1.29, 1.82) is 0 Å². The predicted molar refractivity (Wildman–Crippen MR) is 123 cm³/mol. The van der Waals surface area contributed by atoms with E-state index >= 15 is 0 Å². The van der Waals surface area contributed by atoms with Gasteiger partial charge in [0, 0.05) is 17.1 Å². The van der Waals surface area contributed by atoms with Crippen LogP contribution in [0.5, 0.6) is 11.5 Å². The number of carbonyl (C=O) groups is 1. The van der Waals surface area contributed by atoms with Crippen molar-refractivity contribution < 1.29 is 14.3 Å². The number of aryl methyl sites for hydroxylation is 2. The number of carbonyl (C=O) groups excluding carboxylic acids is 1. The molecule has 0 radical (unpaired) electrons. The van der Waals surface area contributed by atoms with Gasteiger partial charge in [0.2, 0.25) is 0 Å². The van der Waals surface area contributed by atoms with Gasteiger partial charge in [-0.25, -0.2) is 0 Å². The molecule has 1 amide bonds. The molecule has 1 aliphatic rings. The van der Waals surface area contributed by atoms with Crippen molar-refractivity contribution in [3.63, 3.8) is 0 Å². The summed E-state index contributed by atoms with van der Waals surface area (Å²) in [6.45, 7) is 5.24. The Morgan fingerprint density at radius 1 is 1.03 bits per heavy atom. The van der Waals surface area contributed by atoms with Crippen molar-refractivity contribution in [2.45, 2.75) is 26.3 Å². The zero-order chi connectivity index (χ0) is 22.0. The van der Waals surface area contributed by atoms with Crippen LogP contribution in [0.4, 0.5) is 0 Å². The normalized spacial score (nSPS) is 15.4. The van der Waals surface area contributed by atoms with Crippen molar-refractivity contribution in [3.8, 4) is 11.5 Å². The molecule has 4 rings (SSSR count). The second-order valence-electron chi connectivity index (χ2n) is 7.90. The van der Waals surface area contributed by atoms with E-state index < -0.39 is 0 Å². The van der Waals surface area contributed by atoms with Crippen LogP contribution >= 0.6 is 11.6 Å². The standard InChI is InChI=1S/C26H26ClNO3/c1-17-13-19-11-12-28(26(29)20-5-4-6-21(27)15-20)25(24(19)14-18(17)2)16-31-23-9-7-22(30-3)8-10-23/h4-10,13-15,25H,11-12,16H2,1-3H3. The lowest BCUT2D eigenvalue weighted by Crippen LogP contribution is -2.42. The maximum atomic E-state index is 13.4. The first kappa shape index (κ1) is 21.3. The van der Waals surface area contributed by atoms with Gasteiger partial charge in [0.1, 0.15) is 18.1 Å². The molecule has 1 unspecified atom stereocenters. The number of nitrogens with zero attached hydrogens (tertiary/aromatic N) is 1. The minimum atomic E-state index is -0.184. The van der Waals surface area contributed by atoms with E-state index in [-0.39, 0.29) is 11.9 Å².